The lowest BCUT2D eigenvalue weighted by molar-refractivity contribution is -0.142. The Morgan fingerprint density at radius 2 is 1.94 bits per heavy atom. The van der Waals surface area contributed by atoms with Gasteiger partial charge < -0.3 is 14.9 Å². The standard InChI is InChI=1S/C13H18O4/c14-7-9-17-8-6-12(13(15)16)10-11-4-2-1-3-5-11/h1-5,12,14H,6-10H2,(H,15,16). The average Bonchev–Trinajstić information content (AvgIpc) is 2.34. The van der Waals surface area contributed by atoms with Crippen molar-refractivity contribution in [3.8, 4) is 0 Å². The first-order valence-corrected chi connectivity index (χ1v) is 5.69. The smallest absolute Gasteiger partial charge is 0.306 e. The molecule has 1 atom stereocenters. The van der Waals surface area contributed by atoms with E-state index in [1.165, 1.54) is 0 Å². The number of aliphatic hydroxyl groups excluding tert-OH is 1. The summed E-state index contributed by atoms with van der Waals surface area (Å²) in [5, 5.41) is 17.6. The van der Waals surface area contributed by atoms with Gasteiger partial charge in [0.1, 0.15) is 0 Å². The summed E-state index contributed by atoms with van der Waals surface area (Å²) in [5.74, 6) is -1.24. The van der Waals surface area contributed by atoms with E-state index in [9.17, 15) is 4.79 Å². The van der Waals surface area contributed by atoms with Crippen LogP contribution in [0.25, 0.3) is 0 Å². The van der Waals surface area contributed by atoms with E-state index in [2.05, 4.69) is 0 Å². The van der Waals surface area contributed by atoms with Gasteiger partial charge in [0.25, 0.3) is 0 Å². The van der Waals surface area contributed by atoms with Crippen LogP contribution in [0.1, 0.15) is 12.0 Å². The number of aliphatic hydroxyl groups is 1. The molecule has 0 saturated carbocycles. The highest BCUT2D eigenvalue weighted by Crippen LogP contribution is 2.12. The Bertz CT molecular complexity index is 323. The molecule has 0 radical (unpaired) electrons. The second-order valence-corrected chi connectivity index (χ2v) is 3.85. The number of benzene rings is 1. The highest BCUT2D eigenvalue weighted by molar-refractivity contribution is 5.70. The van der Waals surface area contributed by atoms with E-state index in [4.69, 9.17) is 14.9 Å². The summed E-state index contributed by atoms with van der Waals surface area (Å²) >= 11 is 0. The molecule has 0 fully saturated rings. The van der Waals surface area contributed by atoms with Crippen LogP contribution in [-0.2, 0) is 16.0 Å². The number of carboxylic acid groups (broad SMARTS) is 1. The maximum atomic E-state index is 11.1. The third-order valence-corrected chi connectivity index (χ3v) is 2.52. The van der Waals surface area contributed by atoms with Crippen LogP contribution in [0.5, 0.6) is 0 Å². The van der Waals surface area contributed by atoms with Crippen LogP contribution in [0.4, 0.5) is 0 Å². The van der Waals surface area contributed by atoms with Gasteiger partial charge in [-0.1, -0.05) is 30.3 Å². The molecule has 0 aliphatic heterocycles. The Morgan fingerprint density at radius 3 is 2.53 bits per heavy atom. The molecular weight excluding hydrogens is 220 g/mol. The van der Waals surface area contributed by atoms with Crippen molar-refractivity contribution in [2.75, 3.05) is 19.8 Å². The number of ether oxygens (including phenoxy) is 1. The van der Waals surface area contributed by atoms with E-state index >= 15 is 0 Å². The minimum atomic E-state index is -0.804. The van der Waals surface area contributed by atoms with Crippen molar-refractivity contribution < 1.29 is 19.7 Å². The molecule has 0 aliphatic carbocycles. The van der Waals surface area contributed by atoms with Crippen LogP contribution < -0.4 is 0 Å². The highest BCUT2D eigenvalue weighted by atomic mass is 16.5. The molecule has 0 heterocycles. The molecule has 1 rings (SSSR count). The zero-order valence-electron chi connectivity index (χ0n) is 9.71. The fraction of sp³-hybridized carbons (Fsp3) is 0.462. The van der Waals surface area contributed by atoms with Crippen molar-refractivity contribution in [1.29, 1.82) is 0 Å². The molecule has 17 heavy (non-hydrogen) atoms. The van der Waals surface area contributed by atoms with E-state index in [0.717, 1.165) is 5.56 Å². The van der Waals surface area contributed by atoms with Crippen LogP contribution in [-0.4, -0.2) is 36.0 Å². The lowest BCUT2D eigenvalue weighted by Gasteiger charge is -2.12. The van der Waals surface area contributed by atoms with Gasteiger partial charge in [0.05, 0.1) is 19.1 Å². The predicted octanol–water partition coefficient (Wildman–Crippen LogP) is 1.33. The number of hydrogen-bond acceptors (Lipinski definition) is 3. The van der Waals surface area contributed by atoms with Crippen molar-refractivity contribution in [2.24, 2.45) is 5.92 Å². The minimum absolute atomic E-state index is 0.0313. The average molecular weight is 238 g/mol. The molecule has 0 aliphatic rings. The topological polar surface area (TPSA) is 66.8 Å². The zero-order chi connectivity index (χ0) is 12.5. The Balaban J connectivity index is 2.41. The van der Waals surface area contributed by atoms with Crippen molar-refractivity contribution in [3.63, 3.8) is 0 Å². The first-order chi connectivity index (χ1) is 8.24. The molecule has 0 amide bonds. The second-order valence-electron chi connectivity index (χ2n) is 3.85. The predicted molar refractivity (Wildman–Crippen MR) is 63.8 cm³/mol. The SMILES string of the molecule is O=C(O)C(CCOCCO)Cc1ccccc1. The summed E-state index contributed by atoms with van der Waals surface area (Å²) in [5.41, 5.74) is 1.02. The molecule has 1 unspecified atom stereocenters. The van der Waals surface area contributed by atoms with Crippen LogP contribution in [0, 0.1) is 5.92 Å². The maximum absolute atomic E-state index is 11.1. The van der Waals surface area contributed by atoms with E-state index < -0.39 is 11.9 Å². The number of carboxylic acids is 1. The Morgan fingerprint density at radius 1 is 1.24 bits per heavy atom. The number of hydrogen-bond donors (Lipinski definition) is 2. The largest absolute Gasteiger partial charge is 0.481 e. The molecule has 0 aromatic heterocycles. The summed E-state index contributed by atoms with van der Waals surface area (Å²) in [4.78, 5) is 11.1. The number of aliphatic carboxylic acids is 1. The monoisotopic (exact) mass is 238 g/mol. The van der Waals surface area contributed by atoms with Gasteiger partial charge in [-0.05, 0) is 18.4 Å². The molecule has 0 spiro atoms. The molecule has 4 heteroatoms. The van der Waals surface area contributed by atoms with Gasteiger partial charge in [0.2, 0.25) is 0 Å². The molecule has 0 saturated heterocycles. The van der Waals surface area contributed by atoms with Crippen molar-refractivity contribution in [3.05, 3.63) is 35.9 Å². The third-order valence-electron chi connectivity index (χ3n) is 2.52. The van der Waals surface area contributed by atoms with Gasteiger partial charge in [0, 0.05) is 6.61 Å². The van der Waals surface area contributed by atoms with Crippen molar-refractivity contribution in [1.82, 2.24) is 0 Å². The van der Waals surface area contributed by atoms with Crippen LogP contribution in [0.2, 0.25) is 0 Å². The van der Waals surface area contributed by atoms with E-state index in [0.29, 0.717) is 19.4 Å². The number of rotatable bonds is 8. The van der Waals surface area contributed by atoms with Gasteiger partial charge >= 0.3 is 5.97 Å². The maximum Gasteiger partial charge on any atom is 0.306 e. The minimum Gasteiger partial charge on any atom is -0.481 e. The van der Waals surface area contributed by atoms with Gasteiger partial charge in [-0.2, -0.15) is 0 Å². The van der Waals surface area contributed by atoms with Crippen LogP contribution in [0.15, 0.2) is 30.3 Å². The first kappa shape index (κ1) is 13.7. The van der Waals surface area contributed by atoms with Gasteiger partial charge in [-0.3, -0.25) is 4.79 Å². The summed E-state index contributed by atoms with van der Waals surface area (Å²) in [6.45, 7) is 0.596. The van der Waals surface area contributed by atoms with Gasteiger partial charge in [-0.15, -0.1) is 0 Å². The summed E-state index contributed by atoms with van der Waals surface area (Å²) < 4.78 is 5.09. The molecule has 2 N–H and O–H groups in total. The third kappa shape index (κ3) is 5.47. The Labute approximate surface area is 101 Å². The van der Waals surface area contributed by atoms with Crippen LogP contribution in [0.3, 0.4) is 0 Å². The lowest BCUT2D eigenvalue weighted by Crippen LogP contribution is -2.19. The summed E-state index contributed by atoms with van der Waals surface area (Å²) in [7, 11) is 0. The van der Waals surface area contributed by atoms with E-state index in [1.807, 2.05) is 30.3 Å². The Kier molecular flexibility index (Phi) is 6.29. The first-order valence-electron chi connectivity index (χ1n) is 5.69. The van der Waals surface area contributed by atoms with E-state index in [-0.39, 0.29) is 13.2 Å². The molecule has 1 aromatic rings. The normalized spacial score (nSPS) is 12.3. The van der Waals surface area contributed by atoms with Gasteiger partial charge in [-0.25, -0.2) is 0 Å². The lowest BCUT2D eigenvalue weighted by atomic mass is 9.97. The number of carbonyl (C=O) groups is 1. The van der Waals surface area contributed by atoms with Crippen molar-refractivity contribution in [2.45, 2.75) is 12.8 Å². The molecule has 94 valence electrons. The van der Waals surface area contributed by atoms with E-state index in [1.54, 1.807) is 0 Å². The van der Waals surface area contributed by atoms with Crippen molar-refractivity contribution >= 4 is 5.97 Å². The fourth-order valence-electron chi connectivity index (χ4n) is 1.60. The quantitative estimate of drug-likeness (QED) is 0.670. The zero-order valence-corrected chi connectivity index (χ0v) is 9.71. The highest BCUT2D eigenvalue weighted by Gasteiger charge is 2.17. The molecule has 1 aromatic carbocycles. The summed E-state index contributed by atoms with van der Waals surface area (Å²) in [6.07, 6.45) is 0.975. The molecule has 0 bridgehead atoms. The molecule has 4 nitrogen and oxygen atoms in total. The summed E-state index contributed by atoms with van der Waals surface area (Å²) in [6, 6.07) is 9.55. The fourth-order valence-corrected chi connectivity index (χ4v) is 1.60. The second kappa shape index (κ2) is 7.81. The Hall–Kier alpha value is -1.39. The van der Waals surface area contributed by atoms with Gasteiger partial charge in [0.15, 0.2) is 0 Å². The molecular formula is C13H18O4. The van der Waals surface area contributed by atoms with Crippen LogP contribution >= 0.6 is 0 Å².